The number of nitrogens with zero attached hydrogens (tertiary/aromatic N) is 1. The van der Waals surface area contributed by atoms with Gasteiger partial charge in [0.25, 0.3) is 0 Å². The number of fused-ring (bicyclic) bond motifs is 1. The van der Waals surface area contributed by atoms with Crippen molar-refractivity contribution in [3.63, 3.8) is 0 Å². The number of hydrogen-bond acceptors (Lipinski definition) is 5. The average Bonchev–Trinajstić information content (AvgIpc) is 3.17. The summed E-state index contributed by atoms with van der Waals surface area (Å²) >= 11 is 0. The fourth-order valence-corrected chi connectivity index (χ4v) is 3.05. The quantitative estimate of drug-likeness (QED) is 0.469. The molecule has 0 unspecified atom stereocenters. The maximum atomic E-state index is 9.31. The van der Waals surface area contributed by atoms with E-state index < -0.39 is 5.54 Å². The molecule has 3 N–H and O–H groups in total. The molecule has 0 amide bonds. The van der Waals surface area contributed by atoms with Gasteiger partial charge >= 0.3 is 0 Å². The molecule has 0 aliphatic carbocycles. The van der Waals surface area contributed by atoms with Gasteiger partial charge in [-0.05, 0) is 73.9 Å². The lowest BCUT2D eigenvalue weighted by Gasteiger charge is -2.21. The molecule has 1 atom stereocenters. The zero-order chi connectivity index (χ0) is 20.3. The monoisotopic (exact) mass is 388 g/mol. The van der Waals surface area contributed by atoms with Crippen LogP contribution in [-0.2, 0) is 6.42 Å². The van der Waals surface area contributed by atoms with Crippen LogP contribution in [0.2, 0.25) is 0 Å². The van der Waals surface area contributed by atoms with Crippen molar-refractivity contribution in [2.45, 2.75) is 25.3 Å². The Balaban J connectivity index is 1.50. The highest BCUT2D eigenvalue weighted by molar-refractivity contribution is 5.77. The summed E-state index contributed by atoms with van der Waals surface area (Å²) in [5.41, 5.74) is 9.01. The van der Waals surface area contributed by atoms with Crippen LogP contribution in [0.4, 0.5) is 0 Å². The maximum absolute atomic E-state index is 9.31. The van der Waals surface area contributed by atoms with Gasteiger partial charge in [-0.15, -0.1) is 0 Å². The van der Waals surface area contributed by atoms with Crippen molar-refractivity contribution in [3.8, 4) is 23.0 Å². The molecule has 5 heteroatoms. The van der Waals surface area contributed by atoms with E-state index >= 15 is 0 Å². The zero-order valence-corrected chi connectivity index (χ0v) is 16.3. The second-order valence-corrected chi connectivity index (χ2v) is 7.57. The number of ether oxygens (including phenoxy) is 1. The van der Waals surface area contributed by atoms with Crippen molar-refractivity contribution < 1.29 is 14.3 Å². The number of aryl methyl sites for hydroxylation is 1. The van der Waals surface area contributed by atoms with E-state index in [4.69, 9.17) is 14.9 Å². The summed E-state index contributed by atoms with van der Waals surface area (Å²) in [5.74, 6) is 2.12. The number of nitrogens with two attached hydrogens (primary N) is 1. The number of aromatic nitrogens is 1. The molecule has 29 heavy (non-hydrogen) atoms. The molecule has 0 aliphatic heterocycles. The molecule has 0 aliphatic rings. The second kappa shape index (κ2) is 8.07. The molecule has 0 saturated heterocycles. The number of para-hydroxylation sites is 1. The lowest BCUT2D eigenvalue weighted by Crippen LogP contribution is -2.40. The Morgan fingerprint density at radius 3 is 2.45 bits per heavy atom. The molecular weight excluding hydrogens is 364 g/mol. The maximum Gasteiger partial charge on any atom is 0.227 e. The zero-order valence-electron chi connectivity index (χ0n) is 16.3. The van der Waals surface area contributed by atoms with Gasteiger partial charge in [0.1, 0.15) is 17.0 Å². The molecule has 1 heterocycles. The Hall–Kier alpha value is -3.15. The van der Waals surface area contributed by atoms with Crippen molar-refractivity contribution in [1.29, 1.82) is 0 Å². The number of aliphatic hydroxyl groups is 1. The van der Waals surface area contributed by atoms with Gasteiger partial charge in [-0.3, -0.25) is 0 Å². The molecule has 0 spiro atoms. The first kappa shape index (κ1) is 19.2. The third-order valence-electron chi connectivity index (χ3n) is 4.88. The molecule has 4 aromatic rings. The van der Waals surface area contributed by atoms with E-state index in [2.05, 4.69) is 4.98 Å². The Morgan fingerprint density at radius 2 is 1.72 bits per heavy atom. The molecule has 0 fully saturated rings. The van der Waals surface area contributed by atoms with Crippen molar-refractivity contribution in [1.82, 2.24) is 4.98 Å². The summed E-state index contributed by atoms with van der Waals surface area (Å²) in [7, 11) is 0. The molecule has 5 nitrogen and oxygen atoms in total. The van der Waals surface area contributed by atoms with Crippen LogP contribution in [-0.4, -0.2) is 22.2 Å². The van der Waals surface area contributed by atoms with E-state index in [1.54, 1.807) is 0 Å². The molecule has 0 radical (unpaired) electrons. The van der Waals surface area contributed by atoms with Crippen molar-refractivity contribution >= 4 is 11.1 Å². The largest absolute Gasteiger partial charge is 0.457 e. The van der Waals surface area contributed by atoms with E-state index in [0.717, 1.165) is 40.1 Å². The normalized spacial score (nSPS) is 13.3. The van der Waals surface area contributed by atoms with Crippen molar-refractivity contribution in [3.05, 3.63) is 78.4 Å². The highest BCUT2D eigenvalue weighted by Crippen LogP contribution is 2.28. The van der Waals surface area contributed by atoms with Crippen LogP contribution in [0.15, 0.2) is 77.2 Å². The molecule has 4 rings (SSSR count). The topological polar surface area (TPSA) is 81.5 Å². The standard InChI is InChI=1S/C24H24N2O3/c1-24(25,16-27)14-13-17-7-12-22-21(15-17)26-23(29-22)18-8-10-20(11-9-18)28-19-5-3-2-4-6-19/h2-12,15,27H,13-14,16,25H2,1H3/t24-/m1/s1. The summed E-state index contributed by atoms with van der Waals surface area (Å²) in [5, 5.41) is 9.31. The van der Waals surface area contributed by atoms with Gasteiger partial charge < -0.3 is 20.0 Å². The van der Waals surface area contributed by atoms with Crippen LogP contribution in [0.1, 0.15) is 18.9 Å². The lowest BCUT2D eigenvalue weighted by molar-refractivity contribution is 0.200. The highest BCUT2D eigenvalue weighted by atomic mass is 16.5. The first-order valence-electron chi connectivity index (χ1n) is 9.65. The first-order valence-corrected chi connectivity index (χ1v) is 9.65. The van der Waals surface area contributed by atoms with Gasteiger partial charge in [-0.2, -0.15) is 0 Å². The van der Waals surface area contributed by atoms with Crippen LogP contribution >= 0.6 is 0 Å². The number of rotatable bonds is 7. The first-order chi connectivity index (χ1) is 14.0. The Bertz CT molecular complexity index is 1090. The smallest absolute Gasteiger partial charge is 0.227 e. The van der Waals surface area contributed by atoms with Gasteiger partial charge in [0.05, 0.1) is 6.61 Å². The molecule has 0 saturated carbocycles. The minimum atomic E-state index is -0.576. The lowest BCUT2D eigenvalue weighted by atomic mass is 9.95. The number of hydrogen-bond donors (Lipinski definition) is 2. The Kier molecular flexibility index (Phi) is 5.34. The summed E-state index contributed by atoms with van der Waals surface area (Å²) < 4.78 is 11.7. The number of oxazole rings is 1. The van der Waals surface area contributed by atoms with E-state index in [-0.39, 0.29) is 6.61 Å². The molecule has 148 valence electrons. The van der Waals surface area contributed by atoms with Crippen LogP contribution < -0.4 is 10.5 Å². The Labute approximate surface area is 169 Å². The minimum absolute atomic E-state index is 0.0344. The highest BCUT2D eigenvalue weighted by Gasteiger charge is 2.17. The fourth-order valence-electron chi connectivity index (χ4n) is 3.05. The molecular formula is C24H24N2O3. The molecule has 0 bridgehead atoms. The summed E-state index contributed by atoms with van der Waals surface area (Å²) in [4.78, 5) is 4.63. The molecule has 3 aromatic carbocycles. The van der Waals surface area contributed by atoms with Gasteiger partial charge in [0.2, 0.25) is 5.89 Å². The van der Waals surface area contributed by atoms with Crippen LogP contribution in [0.3, 0.4) is 0 Å². The predicted octanol–water partition coefficient (Wildman–Crippen LogP) is 4.93. The van der Waals surface area contributed by atoms with Gasteiger partial charge in [0, 0.05) is 11.1 Å². The third kappa shape index (κ3) is 4.65. The molecule has 1 aromatic heterocycles. The SMILES string of the molecule is C[C@](N)(CO)CCc1ccc2oc(-c3ccc(Oc4ccccc4)cc3)nc2c1. The van der Waals surface area contributed by atoms with Crippen LogP contribution in [0.25, 0.3) is 22.6 Å². The van der Waals surface area contributed by atoms with Crippen molar-refractivity contribution in [2.75, 3.05) is 6.61 Å². The van der Waals surface area contributed by atoms with Gasteiger partial charge in [-0.1, -0.05) is 24.3 Å². The Morgan fingerprint density at radius 1 is 1.00 bits per heavy atom. The number of benzene rings is 3. The predicted molar refractivity (Wildman–Crippen MR) is 114 cm³/mol. The van der Waals surface area contributed by atoms with Crippen LogP contribution in [0.5, 0.6) is 11.5 Å². The van der Waals surface area contributed by atoms with E-state index in [0.29, 0.717) is 12.3 Å². The van der Waals surface area contributed by atoms with Gasteiger partial charge in [-0.25, -0.2) is 4.98 Å². The summed E-state index contributed by atoms with van der Waals surface area (Å²) in [6.07, 6.45) is 1.47. The van der Waals surface area contributed by atoms with Crippen LogP contribution in [0, 0.1) is 0 Å². The van der Waals surface area contributed by atoms with E-state index in [9.17, 15) is 5.11 Å². The van der Waals surface area contributed by atoms with E-state index in [1.807, 2.05) is 79.7 Å². The summed E-state index contributed by atoms with van der Waals surface area (Å²) in [6.45, 7) is 1.82. The third-order valence-corrected chi connectivity index (χ3v) is 4.88. The average molecular weight is 388 g/mol. The van der Waals surface area contributed by atoms with Crippen molar-refractivity contribution in [2.24, 2.45) is 5.73 Å². The van der Waals surface area contributed by atoms with E-state index in [1.165, 1.54) is 0 Å². The minimum Gasteiger partial charge on any atom is -0.457 e. The summed E-state index contributed by atoms with van der Waals surface area (Å²) in [6, 6.07) is 23.3. The van der Waals surface area contributed by atoms with Gasteiger partial charge in [0.15, 0.2) is 5.58 Å². The number of aliphatic hydroxyl groups excluding tert-OH is 1. The fraction of sp³-hybridized carbons (Fsp3) is 0.208. The second-order valence-electron chi connectivity index (χ2n) is 7.57.